The van der Waals surface area contributed by atoms with E-state index in [0.717, 1.165) is 21.3 Å². The van der Waals surface area contributed by atoms with Gasteiger partial charge in [-0.15, -0.1) is 0 Å². The summed E-state index contributed by atoms with van der Waals surface area (Å²) in [6.45, 7) is 0. The molecule has 0 aliphatic rings. The minimum atomic E-state index is 0.965. The lowest BCUT2D eigenvalue weighted by Crippen LogP contribution is -1.84. The molecule has 1 aromatic carbocycles. The van der Waals surface area contributed by atoms with Crippen molar-refractivity contribution in [1.29, 1.82) is 0 Å². The number of rotatable bonds is 3. The van der Waals surface area contributed by atoms with Crippen LogP contribution in [0.25, 0.3) is 17.3 Å². The second kappa shape index (κ2) is 5.64. The molecule has 2 nitrogen and oxygen atoms in total. The average Bonchev–Trinajstić information content (AvgIpc) is 2.38. The van der Waals surface area contributed by atoms with E-state index in [0.29, 0.717) is 0 Å². The third-order valence-corrected chi connectivity index (χ3v) is 2.85. The monoisotopic (exact) mass is 289 g/mol. The largest absolute Gasteiger partial charge is 0.504 e. The Morgan fingerprint density at radius 3 is 2.47 bits per heavy atom. The lowest BCUT2D eigenvalue weighted by atomic mass is 10.1. The summed E-state index contributed by atoms with van der Waals surface area (Å²) in [7, 11) is 1.63. The molecule has 0 fully saturated rings. The SMILES string of the molecule is COC=Cc1ccc(-c2ccc(Br)cc2)nc1. The van der Waals surface area contributed by atoms with Crippen LogP contribution in [-0.2, 0) is 4.74 Å². The molecule has 0 unspecified atom stereocenters. The zero-order valence-corrected chi connectivity index (χ0v) is 11.0. The zero-order chi connectivity index (χ0) is 12.1. The molecule has 2 aromatic rings. The van der Waals surface area contributed by atoms with Gasteiger partial charge in [-0.1, -0.05) is 34.1 Å². The first-order valence-corrected chi connectivity index (χ1v) is 6.00. The molecular formula is C14H12BrNO. The van der Waals surface area contributed by atoms with E-state index in [1.54, 1.807) is 13.4 Å². The summed E-state index contributed by atoms with van der Waals surface area (Å²) in [5, 5.41) is 0. The van der Waals surface area contributed by atoms with Crippen LogP contribution in [0.15, 0.2) is 53.3 Å². The van der Waals surface area contributed by atoms with Crippen LogP contribution >= 0.6 is 15.9 Å². The quantitative estimate of drug-likeness (QED) is 0.793. The molecule has 2 rings (SSSR count). The Balaban J connectivity index is 2.23. The summed E-state index contributed by atoms with van der Waals surface area (Å²) in [4.78, 5) is 4.41. The molecule has 1 aromatic heterocycles. The molecule has 0 aliphatic carbocycles. The number of nitrogens with zero attached hydrogens (tertiary/aromatic N) is 1. The standard InChI is InChI=1S/C14H12BrNO/c1-17-9-8-11-2-7-14(16-10-11)12-3-5-13(15)6-4-12/h2-10H,1H3. The van der Waals surface area contributed by atoms with Crippen molar-refractivity contribution >= 4 is 22.0 Å². The highest BCUT2D eigenvalue weighted by molar-refractivity contribution is 9.10. The van der Waals surface area contributed by atoms with Gasteiger partial charge in [0, 0.05) is 16.2 Å². The van der Waals surface area contributed by atoms with Crippen LogP contribution in [0.3, 0.4) is 0 Å². The lowest BCUT2D eigenvalue weighted by Gasteiger charge is -2.01. The summed E-state index contributed by atoms with van der Waals surface area (Å²) in [5.41, 5.74) is 3.09. The third-order valence-electron chi connectivity index (χ3n) is 2.32. The molecule has 0 radical (unpaired) electrons. The summed E-state index contributed by atoms with van der Waals surface area (Å²) in [6.07, 6.45) is 5.33. The van der Waals surface area contributed by atoms with E-state index in [1.807, 2.05) is 48.7 Å². The summed E-state index contributed by atoms with van der Waals surface area (Å²) in [6, 6.07) is 12.1. The number of ether oxygens (including phenoxy) is 1. The highest BCUT2D eigenvalue weighted by Gasteiger charge is 1.98. The van der Waals surface area contributed by atoms with Gasteiger partial charge < -0.3 is 4.74 Å². The third kappa shape index (κ3) is 3.17. The van der Waals surface area contributed by atoms with E-state index in [4.69, 9.17) is 4.74 Å². The van der Waals surface area contributed by atoms with Crippen molar-refractivity contribution in [2.45, 2.75) is 0 Å². The fourth-order valence-electron chi connectivity index (χ4n) is 1.44. The zero-order valence-electron chi connectivity index (χ0n) is 9.43. The number of benzene rings is 1. The Labute approximate surface area is 109 Å². The molecule has 0 N–H and O–H groups in total. The maximum Gasteiger partial charge on any atom is 0.0831 e. The van der Waals surface area contributed by atoms with Gasteiger partial charge in [0.2, 0.25) is 0 Å². The summed E-state index contributed by atoms with van der Waals surface area (Å²) in [5.74, 6) is 0. The summed E-state index contributed by atoms with van der Waals surface area (Å²) < 4.78 is 5.93. The van der Waals surface area contributed by atoms with E-state index in [9.17, 15) is 0 Å². The second-order valence-corrected chi connectivity index (χ2v) is 4.44. The van der Waals surface area contributed by atoms with E-state index in [2.05, 4.69) is 20.9 Å². The van der Waals surface area contributed by atoms with E-state index in [1.165, 1.54) is 0 Å². The Hall–Kier alpha value is -1.61. The second-order valence-electron chi connectivity index (χ2n) is 3.52. The van der Waals surface area contributed by atoms with Crippen molar-refractivity contribution in [1.82, 2.24) is 4.98 Å². The van der Waals surface area contributed by atoms with E-state index < -0.39 is 0 Å². The topological polar surface area (TPSA) is 22.1 Å². The molecular weight excluding hydrogens is 278 g/mol. The van der Waals surface area contributed by atoms with Crippen molar-refractivity contribution in [3.8, 4) is 11.3 Å². The van der Waals surface area contributed by atoms with Crippen molar-refractivity contribution in [2.75, 3.05) is 7.11 Å². The molecule has 0 bridgehead atoms. The fraction of sp³-hybridized carbons (Fsp3) is 0.0714. The number of hydrogen-bond donors (Lipinski definition) is 0. The van der Waals surface area contributed by atoms with Crippen molar-refractivity contribution < 1.29 is 4.74 Å². The van der Waals surface area contributed by atoms with Crippen LogP contribution in [0.4, 0.5) is 0 Å². The smallest absolute Gasteiger partial charge is 0.0831 e. The first kappa shape index (κ1) is 11.9. The van der Waals surface area contributed by atoms with E-state index >= 15 is 0 Å². The maximum atomic E-state index is 4.86. The predicted octanol–water partition coefficient (Wildman–Crippen LogP) is 4.13. The molecule has 86 valence electrons. The van der Waals surface area contributed by atoms with Gasteiger partial charge in [0.25, 0.3) is 0 Å². The van der Waals surface area contributed by atoms with Gasteiger partial charge >= 0.3 is 0 Å². The molecule has 0 atom stereocenters. The minimum Gasteiger partial charge on any atom is -0.504 e. The maximum absolute atomic E-state index is 4.86. The van der Waals surface area contributed by atoms with Crippen LogP contribution in [0.1, 0.15) is 5.56 Å². The Morgan fingerprint density at radius 1 is 1.12 bits per heavy atom. The van der Waals surface area contributed by atoms with Crippen LogP contribution in [0, 0.1) is 0 Å². The normalized spacial score (nSPS) is 10.7. The van der Waals surface area contributed by atoms with Crippen LogP contribution in [0.2, 0.25) is 0 Å². The van der Waals surface area contributed by atoms with Gasteiger partial charge in [0.1, 0.15) is 0 Å². The summed E-state index contributed by atoms with van der Waals surface area (Å²) >= 11 is 3.41. The predicted molar refractivity (Wildman–Crippen MR) is 73.4 cm³/mol. The molecule has 0 saturated carbocycles. The van der Waals surface area contributed by atoms with Crippen LogP contribution < -0.4 is 0 Å². The Morgan fingerprint density at radius 2 is 1.88 bits per heavy atom. The Kier molecular flexibility index (Phi) is 3.94. The lowest BCUT2D eigenvalue weighted by molar-refractivity contribution is 0.341. The van der Waals surface area contributed by atoms with Gasteiger partial charge in [-0.3, -0.25) is 4.98 Å². The Bertz CT molecular complexity index is 503. The molecule has 0 saturated heterocycles. The van der Waals surface area contributed by atoms with Crippen molar-refractivity contribution in [3.63, 3.8) is 0 Å². The van der Waals surface area contributed by atoms with Gasteiger partial charge in [0.05, 0.1) is 19.1 Å². The van der Waals surface area contributed by atoms with Crippen LogP contribution in [-0.4, -0.2) is 12.1 Å². The number of hydrogen-bond acceptors (Lipinski definition) is 2. The first-order valence-electron chi connectivity index (χ1n) is 5.21. The molecule has 3 heteroatoms. The highest BCUT2D eigenvalue weighted by atomic mass is 79.9. The van der Waals surface area contributed by atoms with Gasteiger partial charge in [0.15, 0.2) is 0 Å². The average molecular weight is 290 g/mol. The van der Waals surface area contributed by atoms with Crippen molar-refractivity contribution in [3.05, 3.63) is 58.9 Å². The molecule has 0 aliphatic heterocycles. The van der Waals surface area contributed by atoms with Gasteiger partial charge in [-0.25, -0.2) is 0 Å². The van der Waals surface area contributed by atoms with Crippen LogP contribution in [0.5, 0.6) is 0 Å². The molecule has 0 amide bonds. The first-order chi connectivity index (χ1) is 8.29. The number of aromatic nitrogens is 1. The van der Waals surface area contributed by atoms with Gasteiger partial charge in [-0.2, -0.15) is 0 Å². The molecule has 1 heterocycles. The molecule has 17 heavy (non-hydrogen) atoms. The minimum absolute atomic E-state index is 0.965. The number of halogens is 1. The highest BCUT2D eigenvalue weighted by Crippen LogP contribution is 2.20. The van der Waals surface area contributed by atoms with Gasteiger partial charge in [-0.05, 0) is 29.8 Å². The number of pyridine rings is 1. The molecule has 0 spiro atoms. The van der Waals surface area contributed by atoms with Crippen molar-refractivity contribution in [2.24, 2.45) is 0 Å². The van der Waals surface area contributed by atoms with E-state index in [-0.39, 0.29) is 0 Å². The number of methoxy groups -OCH3 is 1. The fourth-order valence-corrected chi connectivity index (χ4v) is 1.71.